The third-order valence-corrected chi connectivity index (χ3v) is 2.76. The largest absolute Gasteiger partial charge is 0.327 e. The SMILES string of the molecule is N[C@H]1C[C@@H]1c1ccc(Cl)cc1Cl. The third-order valence-electron chi connectivity index (χ3n) is 2.20. The highest BCUT2D eigenvalue weighted by molar-refractivity contribution is 6.35. The van der Waals surface area contributed by atoms with Crippen LogP contribution in [0.25, 0.3) is 0 Å². The van der Waals surface area contributed by atoms with Crippen LogP contribution in [0.2, 0.25) is 10.0 Å². The molecule has 1 saturated carbocycles. The maximum absolute atomic E-state index is 5.99. The molecule has 0 aliphatic heterocycles. The highest BCUT2D eigenvalue weighted by Gasteiger charge is 2.36. The minimum absolute atomic E-state index is 0.295. The average Bonchev–Trinajstić information content (AvgIpc) is 2.66. The van der Waals surface area contributed by atoms with Crippen molar-refractivity contribution in [3.05, 3.63) is 33.8 Å². The summed E-state index contributed by atoms with van der Waals surface area (Å²) in [5.74, 6) is 0.453. The number of rotatable bonds is 1. The van der Waals surface area contributed by atoms with Crippen molar-refractivity contribution in [1.82, 2.24) is 0 Å². The van der Waals surface area contributed by atoms with Crippen LogP contribution >= 0.6 is 23.2 Å². The van der Waals surface area contributed by atoms with Gasteiger partial charge in [0.1, 0.15) is 0 Å². The molecule has 2 rings (SSSR count). The van der Waals surface area contributed by atoms with Crippen LogP contribution in [0.15, 0.2) is 18.2 Å². The van der Waals surface area contributed by atoms with Crippen LogP contribution in [0.5, 0.6) is 0 Å². The summed E-state index contributed by atoms with van der Waals surface area (Å²) >= 11 is 11.8. The van der Waals surface area contributed by atoms with Crippen molar-refractivity contribution in [2.24, 2.45) is 5.73 Å². The molecule has 0 saturated heterocycles. The Hall–Kier alpha value is -0.240. The number of benzene rings is 1. The highest BCUT2D eigenvalue weighted by Crippen LogP contribution is 2.42. The average molecular weight is 202 g/mol. The van der Waals surface area contributed by atoms with Crippen LogP contribution in [0.3, 0.4) is 0 Å². The summed E-state index contributed by atoms with van der Waals surface area (Å²) in [6.07, 6.45) is 1.04. The van der Waals surface area contributed by atoms with Crippen molar-refractivity contribution in [3.8, 4) is 0 Å². The Labute approximate surface area is 81.5 Å². The summed E-state index contributed by atoms with van der Waals surface area (Å²) in [5.41, 5.74) is 6.85. The maximum atomic E-state index is 5.99. The molecule has 1 aromatic carbocycles. The minimum atomic E-state index is 0.295. The predicted octanol–water partition coefficient (Wildman–Crippen LogP) is 2.81. The van der Waals surface area contributed by atoms with Gasteiger partial charge in [-0.25, -0.2) is 0 Å². The van der Waals surface area contributed by atoms with E-state index in [0.29, 0.717) is 17.0 Å². The Morgan fingerprint density at radius 3 is 2.50 bits per heavy atom. The fraction of sp³-hybridized carbons (Fsp3) is 0.333. The molecule has 64 valence electrons. The van der Waals surface area contributed by atoms with E-state index in [0.717, 1.165) is 17.0 Å². The van der Waals surface area contributed by atoms with Crippen molar-refractivity contribution in [2.75, 3.05) is 0 Å². The predicted molar refractivity (Wildman–Crippen MR) is 51.8 cm³/mol. The van der Waals surface area contributed by atoms with Gasteiger partial charge in [0.25, 0.3) is 0 Å². The Morgan fingerprint density at radius 1 is 1.33 bits per heavy atom. The normalized spacial score (nSPS) is 27.2. The zero-order chi connectivity index (χ0) is 8.72. The van der Waals surface area contributed by atoms with E-state index in [9.17, 15) is 0 Å². The number of hydrogen-bond acceptors (Lipinski definition) is 1. The molecular formula is C9H9Cl2N. The molecule has 0 amide bonds. The molecular weight excluding hydrogens is 193 g/mol. The van der Waals surface area contributed by atoms with Gasteiger partial charge in [-0.1, -0.05) is 29.3 Å². The Bertz CT molecular complexity index is 311. The van der Waals surface area contributed by atoms with Gasteiger partial charge >= 0.3 is 0 Å². The Morgan fingerprint density at radius 2 is 2.00 bits per heavy atom. The Kier molecular flexibility index (Phi) is 2.03. The maximum Gasteiger partial charge on any atom is 0.0456 e. The standard InChI is InChI=1S/C9H9Cl2N/c10-5-1-2-6(8(11)3-5)7-4-9(7)12/h1-3,7,9H,4,12H2/t7-,9+/m1/s1. The van der Waals surface area contributed by atoms with Crippen LogP contribution in [0.1, 0.15) is 17.9 Å². The zero-order valence-electron chi connectivity index (χ0n) is 6.43. The van der Waals surface area contributed by atoms with Gasteiger partial charge in [-0.05, 0) is 24.1 Å². The fourth-order valence-electron chi connectivity index (χ4n) is 1.37. The smallest absolute Gasteiger partial charge is 0.0456 e. The van der Waals surface area contributed by atoms with E-state index in [1.54, 1.807) is 6.07 Å². The van der Waals surface area contributed by atoms with Crippen molar-refractivity contribution in [2.45, 2.75) is 18.4 Å². The molecule has 1 nitrogen and oxygen atoms in total. The first-order valence-electron chi connectivity index (χ1n) is 3.89. The second-order valence-electron chi connectivity index (χ2n) is 3.17. The van der Waals surface area contributed by atoms with E-state index in [1.165, 1.54) is 0 Å². The second kappa shape index (κ2) is 2.91. The van der Waals surface area contributed by atoms with Gasteiger partial charge in [-0.15, -0.1) is 0 Å². The van der Waals surface area contributed by atoms with Gasteiger partial charge in [-0.2, -0.15) is 0 Å². The molecule has 2 N–H and O–H groups in total. The molecule has 0 unspecified atom stereocenters. The summed E-state index contributed by atoms with van der Waals surface area (Å²) in [5, 5.41) is 1.42. The van der Waals surface area contributed by atoms with E-state index in [2.05, 4.69) is 0 Å². The quantitative estimate of drug-likeness (QED) is 0.744. The first kappa shape index (κ1) is 8.36. The van der Waals surface area contributed by atoms with Crippen LogP contribution in [-0.2, 0) is 0 Å². The van der Waals surface area contributed by atoms with Crippen molar-refractivity contribution in [3.63, 3.8) is 0 Å². The molecule has 0 spiro atoms. The molecule has 2 atom stereocenters. The molecule has 1 fully saturated rings. The van der Waals surface area contributed by atoms with Crippen molar-refractivity contribution >= 4 is 23.2 Å². The van der Waals surface area contributed by atoms with Crippen LogP contribution in [-0.4, -0.2) is 6.04 Å². The monoisotopic (exact) mass is 201 g/mol. The molecule has 3 heteroatoms. The van der Waals surface area contributed by atoms with Crippen LogP contribution in [0, 0.1) is 0 Å². The molecule has 0 bridgehead atoms. The summed E-state index contributed by atoms with van der Waals surface area (Å²) < 4.78 is 0. The molecule has 0 radical (unpaired) electrons. The molecule has 1 aliphatic rings. The zero-order valence-corrected chi connectivity index (χ0v) is 7.94. The molecule has 0 aromatic heterocycles. The van der Waals surface area contributed by atoms with E-state index >= 15 is 0 Å². The fourth-order valence-corrected chi connectivity index (χ4v) is 1.92. The Balaban J connectivity index is 2.33. The summed E-state index contributed by atoms with van der Waals surface area (Å²) in [4.78, 5) is 0. The summed E-state index contributed by atoms with van der Waals surface area (Å²) in [6.45, 7) is 0. The van der Waals surface area contributed by atoms with E-state index in [-0.39, 0.29) is 0 Å². The van der Waals surface area contributed by atoms with Gasteiger partial charge in [0.15, 0.2) is 0 Å². The number of nitrogens with two attached hydrogens (primary N) is 1. The molecule has 0 heterocycles. The van der Waals surface area contributed by atoms with Gasteiger partial charge < -0.3 is 5.73 Å². The van der Waals surface area contributed by atoms with Gasteiger partial charge in [0, 0.05) is 22.0 Å². The van der Waals surface area contributed by atoms with Crippen molar-refractivity contribution < 1.29 is 0 Å². The lowest BCUT2D eigenvalue weighted by atomic mass is 10.1. The lowest BCUT2D eigenvalue weighted by molar-refractivity contribution is 0.991. The third kappa shape index (κ3) is 1.45. The number of hydrogen-bond donors (Lipinski definition) is 1. The summed E-state index contributed by atoms with van der Waals surface area (Å²) in [6, 6.07) is 5.88. The van der Waals surface area contributed by atoms with Crippen molar-refractivity contribution in [1.29, 1.82) is 0 Å². The number of halogens is 2. The molecule has 1 aliphatic carbocycles. The lowest BCUT2D eigenvalue weighted by Crippen LogP contribution is -2.01. The second-order valence-corrected chi connectivity index (χ2v) is 4.02. The van der Waals surface area contributed by atoms with Gasteiger partial charge in [-0.3, -0.25) is 0 Å². The van der Waals surface area contributed by atoms with Gasteiger partial charge in [0.2, 0.25) is 0 Å². The van der Waals surface area contributed by atoms with Crippen LogP contribution < -0.4 is 5.73 Å². The molecule has 1 aromatic rings. The van der Waals surface area contributed by atoms with E-state index < -0.39 is 0 Å². The molecule has 12 heavy (non-hydrogen) atoms. The highest BCUT2D eigenvalue weighted by atomic mass is 35.5. The summed E-state index contributed by atoms with van der Waals surface area (Å²) in [7, 11) is 0. The van der Waals surface area contributed by atoms with Gasteiger partial charge in [0.05, 0.1) is 0 Å². The lowest BCUT2D eigenvalue weighted by Gasteiger charge is -2.01. The topological polar surface area (TPSA) is 26.0 Å². The van der Waals surface area contributed by atoms with E-state index in [4.69, 9.17) is 28.9 Å². The van der Waals surface area contributed by atoms with E-state index in [1.807, 2.05) is 12.1 Å². The first-order valence-corrected chi connectivity index (χ1v) is 4.64. The van der Waals surface area contributed by atoms with Crippen LogP contribution in [0.4, 0.5) is 0 Å². The minimum Gasteiger partial charge on any atom is -0.327 e. The first-order chi connectivity index (χ1) is 5.68.